The van der Waals surface area contributed by atoms with Crippen molar-refractivity contribution in [2.24, 2.45) is 0 Å². The fraction of sp³-hybridized carbons (Fsp3) is 0.448. The van der Waals surface area contributed by atoms with Gasteiger partial charge in [0.25, 0.3) is 0 Å². The van der Waals surface area contributed by atoms with E-state index in [0.29, 0.717) is 11.1 Å². The average Bonchev–Trinajstić information content (AvgIpc) is 2.91. The first-order chi connectivity index (χ1) is 17.6. The number of benzene rings is 2. The van der Waals surface area contributed by atoms with Gasteiger partial charge >= 0.3 is 11.9 Å². The summed E-state index contributed by atoms with van der Waals surface area (Å²) < 4.78 is 10.2. The molecule has 200 valence electrons. The first-order valence-corrected chi connectivity index (χ1v) is 12.7. The van der Waals surface area contributed by atoms with Crippen molar-refractivity contribution >= 4 is 23.5 Å². The van der Waals surface area contributed by atoms with Crippen LogP contribution in [0.5, 0.6) is 0 Å². The molecule has 2 atom stereocenters. The fourth-order valence-corrected chi connectivity index (χ4v) is 3.36. The van der Waals surface area contributed by atoms with Crippen molar-refractivity contribution in [2.45, 2.75) is 59.5 Å². The zero-order valence-corrected chi connectivity index (χ0v) is 22.4. The molecule has 2 rings (SSSR count). The highest BCUT2D eigenvalue weighted by atomic mass is 16.5. The third-order valence-electron chi connectivity index (χ3n) is 6.21. The van der Waals surface area contributed by atoms with Crippen molar-refractivity contribution in [2.75, 3.05) is 26.3 Å². The highest BCUT2D eigenvalue weighted by Gasteiger charge is 2.15. The predicted octanol–water partition coefficient (Wildman–Crippen LogP) is 3.89. The Hall–Kier alpha value is -3.36. The smallest absolute Gasteiger partial charge is 0.320 e. The molecule has 0 aliphatic heterocycles. The molecule has 37 heavy (non-hydrogen) atoms. The summed E-state index contributed by atoms with van der Waals surface area (Å²) in [6.45, 7) is 9.31. The van der Waals surface area contributed by atoms with E-state index in [9.17, 15) is 19.2 Å². The topological polar surface area (TPSA) is 111 Å². The molecule has 2 aromatic rings. The lowest BCUT2D eigenvalue weighted by Gasteiger charge is -2.12. The zero-order valence-electron chi connectivity index (χ0n) is 22.4. The Bertz CT molecular complexity index is 1080. The molecule has 0 bridgehead atoms. The number of ether oxygens (including phenoxy) is 2. The van der Waals surface area contributed by atoms with E-state index in [4.69, 9.17) is 9.47 Å². The van der Waals surface area contributed by atoms with Crippen molar-refractivity contribution < 1.29 is 28.7 Å². The molecule has 0 aliphatic carbocycles. The first-order valence-electron chi connectivity index (χ1n) is 12.7. The summed E-state index contributed by atoms with van der Waals surface area (Å²) in [6, 6.07) is 12.8. The number of carbonyl (C=O) groups excluding carboxylic acids is 4. The maximum atomic E-state index is 12.6. The van der Waals surface area contributed by atoms with Crippen molar-refractivity contribution in [3.8, 4) is 11.1 Å². The van der Waals surface area contributed by atoms with Crippen LogP contribution < -0.4 is 10.6 Å². The minimum Gasteiger partial charge on any atom is -0.456 e. The number of Topliss-reactive ketones (excluding diaryl/α,β-unsaturated/α-hetero) is 2. The van der Waals surface area contributed by atoms with E-state index in [2.05, 4.69) is 10.6 Å². The maximum Gasteiger partial charge on any atom is 0.320 e. The molecule has 0 saturated heterocycles. The fourth-order valence-electron chi connectivity index (χ4n) is 3.36. The first kappa shape index (κ1) is 29.9. The van der Waals surface area contributed by atoms with Crippen molar-refractivity contribution in [3.05, 3.63) is 59.2 Å². The lowest BCUT2D eigenvalue weighted by atomic mass is 9.97. The van der Waals surface area contributed by atoms with Crippen LogP contribution in [0, 0.1) is 6.92 Å². The number of ketones is 2. The van der Waals surface area contributed by atoms with Crippen LogP contribution in [0.1, 0.15) is 66.8 Å². The van der Waals surface area contributed by atoms with E-state index < -0.39 is 11.9 Å². The predicted molar refractivity (Wildman–Crippen MR) is 143 cm³/mol. The average molecular weight is 511 g/mol. The molecule has 0 saturated carbocycles. The molecule has 0 radical (unpaired) electrons. The van der Waals surface area contributed by atoms with Gasteiger partial charge in [-0.05, 0) is 50.3 Å². The van der Waals surface area contributed by atoms with Gasteiger partial charge in [0.2, 0.25) is 5.78 Å². The third-order valence-corrected chi connectivity index (χ3v) is 6.21. The minimum absolute atomic E-state index is 0.0661. The maximum absolute atomic E-state index is 12.6. The summed E-state index contributed by atoms with van der Waals surface area (Å²) in [6.07, 6.45) is 1.78. The second-order valence-corrected chi connectivity index (χ2v) is 9.16. The van der Waals surface area contributed by atoms with E-state index in [1.54, 1.807) is 18.2 Å². The number of aryl methyl sites for hydroxylation is 1. The Morgan fingerprint density at radius 1 is 0.730 bits per heavy atom. The van der Waals surface area contributed by atoms with Gasteiger partial charge in [0, 0.05) is 23.2 Å². The van der Waals surface area contributed by atoms with Crippen LogP contribution in [-0.4, -0.2) is 61.9 Å². The highest BCUT2D eigenvalue weighted by Crippen LogP contribution is 2.23. The molecule has 2 N–H and O–H groups in total. The standard InChI is InChI=1S/C29H38N2O6/c1-6-20(4)30-15-28(34)36-17-26(32)23-10-8-22(9-11-23)24-12-13-25(19(3)14-24)27(33)18-37-29(35)16-31-21(5)7-2/h8-14,20-21,30-31H,6-7,15-18H2,1-5H3/t20-,21-/m0/s1. The van der Waals surface area contributed by atoms with Crippen LogP contribution in [0.15, 0.2) is 42.5 Å². The zero-order chi connectivity index (χ0) is 27.4. The summed E-state index contributed by atoms with van der Waals surface area (Å²) in [5, 5.41) is 6.06. The summed E-state index contributed by atoms with van der Waals surface area (Å²) in [5.74, 6) is -1.48. The molecule has 0 unspecified atom stereocenters. The van der Waals surface area contributed by atoms with Gasteiger partial charge in [0.05, 0.1) is 13.1 Å². The molecule has 0 heterocycles. The Morgan fingerprint density at radius 2 is 1.22 bits per heavy atom. The quantitative estimate of drug-likeness (QED) is 0.274. The van der Waals surface area contributed by atoms with Gasteiger partial charge in [-0.1, -0.05) is 56.3 Å². The van der Waals surface area contributed by atoms with Crippen LogP contribution in [0.4, 0.5) is 0 Å². The van der Waals surface area contributed by atoms with Gasteiger partial charge in [-0.25, -0.2) is 0 Å². The molecule has 8 nitrogen and oxygen atoms in total. The number of nitrogens with one attached hydrogen (secondary N) is 2. The lowest BCUT2D eigenvalue weighted by Crippen LogP contribution is -2.32. The van der Waals surface area contributed by atoms with Gasteiger partial charge < -0.3 is 20.1 Å². The number of rotatable bonds is 15. The second kappa shape index (κ2) is 15.0. The third kappa shape index (κ3) is 9.90. The molecule has 0 fully saturated rings. The SMILES string of the molecule is CC[C@H](C)NCC(=O)OCC(=O)c1ccc(-c2ccc(C(=O)COC(=O)CN[C@@H](C)CC)c(C)c2)cc1. The van der Waals surface area contributed by atoms with E-state index in [-0.39, 0.29) is 50.0 Å². The Labute approximate surface area is 219 Å². The van der Waals surface area contributed by atoms with Gasteiger partial charge in [-0.2, -0.15) is 0 Å². The van der Waals surface area contributed by atoms with E-state index >= 15 is 0 Å². The van der Waals surface area contributed by atoms with Gasteiger partial charge in [0.1, 0.15) is 0 Å². The normalized spacial score (nSPS) is 12.5. The summed E-state index contributed by atoms with van der Waals surface area (Å²) >= 11 is 0. The molecule has 0 aliphatic rings. The molecule has 8 heteroatoms. The number of hydrogen-bond acceptors (Lipinski definition) is 8. The van der Waals surface area contributed by atoms with E-state index in [0.717, 1.165) is 29.5 Å². The van der Waals surface area contributed by atoms with E-state index in [1.807, 2.05) is 58.9 Å². The van der Waals surface area contributed by atoms with Gasteiger partial charge in [-0.3, -0.25) is 19.2 Å². The van der Waals surface area contributed by atoms with Crippen LogP contribution in [0.2, 0.25) is 0 Å². The van der Waals surface area contributed by atoms with Crippen LogP contribution in [0.25, 0.3) is 11.1 Å². The van der Waals surface area contributed by atoms with Crippen molar-refractivity contribution in [3.63, 3.8) is 0 Å². The highest BCUT2D eigenvalue weighted by molar-refractivity contribution is 6.00. The van der Waals surface area contributed by atoms with Crippen molar-refractivity contribution in [1.29, 1.82) is 0 Å². The minimum atomic E-state index is -0.465. The Kier molecular flexibility index (Phi) is 12.1. The van der Waals surface area contributed by atoms with Crippen molar-refractivity contribution in [1.82, 2.24) is 10.6 Å². The summed E-state index contributed by atoms with van der Waals surface area (Å²) in [5.41, 5.74) is 3.44. The molecule has 0 spiro atoms. The van der Waals surface area contributed by atoms with Crippen LogP contribution >= 0.6 is 0 Å². The van der Waals surface area contributed by atoms with Gasteiger partial charge in [0.15, 0.2) is 19.0 Å². The van der Waals surface area contributed by atoms with Crippen LogP contribution in [0.3, 0.4) is 0 Å². The number of carbonyl (C=O) groups is 4. The molecule has 0 amide bonds. The molecular weight excluding hydrogens is 472 g/mol. The summed E-state index contributed by atoms with van der Waals surface area (Å²) in [7, 11) is 0. The monoisotopic (exact) mass is 510 g/mol. The molecular formula is C29H38N2O6. The van der Waals surface area contributed by atoms with Crippen LogP contribution in [-0.2, 0) is 19.1 Å². The lowest BCUT2D eigenvalue weighted by molar-refractivity contribution is -0.142. The second-order valence-electron chi connectivity index (χ2n) is 9.16. The summed E-state index contributed by atoms with van der Waals surface area (Å²) in [4.78, 5) is 48.6. The Morgan fingerprint density at radius 3 is 1.70 bits per heavy atom. The molecule has 0 aromatic heterocycles. The largest absolute Gasteiger partial charge is 0.456 e. The number of esters is 2. The van der Waals surface area contributed by atoms with E-state index in [1.165, 1.54) is 0 Å². The number of hydrogen-bond donors (Lipinski definition) is 2. The van der Waals surface area contributed by atoms with Gasteiger partial charge in [-0.15, -0.1) is 0 Å². The Balaban J connectivity index is 1.91. The molecule has 2 aromatic carbocycles.